The number of fused-ring (bicyclic) bond motifs is 7. The van der Waals surface area contributed by atoms with Crippen LogP contribution in [0.3, 0.4) is 0 Å². The standard InChI is InChI=1S/C26H22N3O.C25H18N3O.Pt/c1-18-9-5-7-13-21(18)27-17-28-26-24(30)16-15-23-25(26)20-12-6-8-14-22(20)29(23)19-10-3-2-4-11-19;29-23-15-14-22-24(25(23)27-16-26-19-11-5-7-13-21(19)27)18-10-4-6-12-20(18)28(22)17-8-2-1-3-9-17;/h2-17,27-28,30H,1H3;1-16,26,29H;/q2*-1;+2. The quantitative estimate of drug-likeness (QED) is 0.0808. The van der Waals surface area contributed by atoms with Crippen LogP contribution >= 0.6 is 0 Å². The summed E-state index contributed by atoms with van der Waals surface area (Å²) in [5.41, 5.74) is 12.2. The Kier molecular flexibility index (Phi) is 10.4. The Labute approximate surface area is 362 Å². The van der Waals surface area contributed by atoms with Gasteiger partial charge in [0.1, 0.15) is 11.5 Å². The molecular formula is C51H40N6O2Pt. The van der Waals surface area contributed by atoms with Gasteiger partial charge in [-0.1, -0.05) is 103 Å². The maximum absolute atomic E-state index is 10.9. The summed E-state index contributed by atoms with van der Waals surface area (Å²) in [7, 11) is 0. The van der Waals surface area contributed by atoms with Crippen molar-refractivity contribution >= 4 is 72.0 Å². The van der Waals surface area contributed by atoms with Gasteiger partial charge in [-0.05, 0) is 91.3 Å². The first-order valence-electron chi connectivity index (χ1n) is 19.6. The third-order valence-electron chi connectivity index (χ3n) is 11.0. The van der Waals surface area contributed by atoms with Crippen molar-refractivity contribution in [2.75, 3.05) is 20.9 Å². The van der Waals surface area contributed by atoms with Crippen LogP contribution < -0.4 is 20.9 Å². The third-order valence-corrected chi connectivity index (χ3v) is 11.0. The van der Waals surface area contributed by atoms with Crippen LogP contribution in [-0.2, 0) is 21.1 Å². The van der Waals surface area contributed by atoms with E-state index in [9.17, 15) is 10.2 Å². The molecule has 0 saturated heterocycles. The van der Waals surface area contributed by atoms with E-state index in [4.69, 9.17) is 0 Å². The maximum atomic E-state index is 10.9. The van der Waals surface area contributed by atoms with E-state index in [1.165, 1.54) is 0 Å². The van der Waals surface area contributed by atoms with Gasteiger partial charge >= 0.3 is 21.1 Å². The van der Waals surface area contributed by atoms with Crippen LogP contribution in [0.5, 0.6) is 11.5 Å². The zero-order chi connectivity index (χ0) is 39.9. The van der Waals surface area contributed by atoms with E-state index in [0.29, 0.717) is 5.69 Å². The number of nitrogens with zero attached hydrogens (tertiary/aromatic N) is 3. The Bertz CT molecular complexity index is 3140. The first kappa shape index (κ1) is 38.4. The summed E-state index contributed by atoms with van der Waals surface area (Å²) in [6, 6.07) is 60.9. The van der Waals surface area contributed by atoms with Gasteiger partial charge in [-0.2, -0.15) is 13.3 Å². The van der Waals surface area contributed by atoms with Gasteiger partial charge in [0.05, 0.1) is 33.4 Å². The molecule has 60 heavy (non-hydrogen) atoms. The number of aromatic nitrogens is 2. The molecule has 11 rings (SSSR count). The molecule has 8 aromatic carbocycles. The second-order valence-corrected chi connectivity index (χ2v) is 14.5. The van der Waals surface area contributed by atoms with Gasteiger partial charge in [-0.25, -0.2) is 0 Å². The summed E-state index contributed by atoms with van der Waals surface area (Å²) in [5.74, 6) is 0.463. The number of benzene rings is 8. The van der Waals surface area contributed by atoms with E-state index in [2.05, 4.69) is 98.7 Å². The second kappa shape index (κ2) is 16.2. The normalized spacial score (nSPS) is 11.8. The van der Waals surface area contributed by atoms with Gasteiger partial charge in [-0.3, -0.25) is 0 Å². The van der Waals surface area contributed by atoms with Crippen LogP contribution in [0.4, 0.5) is 28.4 Å². The SMILES string of the molecule is Cc1ccccc1N[CH-]Nc1c(O)ccc2c1c1ccccc1n2-c1ccccc1.Oc1ccc2c(c1N1[CH-]Nc3ccccc31)c1ccccc1n2-c1ccccc1.[Pt+2]. The third kappa shape index (κ3) is 6.65. The van der Waals surface area contributed by atoms with Gasteiger partial charge < -0.3 is 40.2 Å². The van der Waals surface area contributed by atoms with Gasteiger partial charge in [0, 0.05) is 50.0 Å². The predicted octanol–water partition coefficient (Wildman–Crippen LogP) is 12.6. The minimum atomic E-state index is 0. The Balaban J connectivity index is 0.000000152. The van der Waals surface area contributed by atoms with Crippen LogP contribution in [0.1, 0.15) is 5.56 Å². The van der Waals surface area contributed by atoms with Gasteiger partial charge in [0.2, 0.25) is 0 Å². The molecule has 0 unspecified atom stereocenters. The van der Waals surface area contributed by atoms with Crippen molar-refractivity contribution in [1.82, 2.24) is 9.13 Å². The number of aromatic hydroxyl groups is 2. The van der Waals surface area contributed by atoms with Crippen LogP contribution in [0.15, 0.2) is 182 Å². The molecule has 0 radical (unpaired) electrons. The molecule has 5 N–H and O–H groups in total. The zero-order valence-electron chi connectivity index (χ0n) is 32.5. The summed E-state index contributed by atoms with van der Waals surface area (Å²) in [5, 5.41) is 35.7. The van der Waals surface area contributed by atoms with Gasteiger partial charge in [-0.15, -0.1) is 0 Å². The van der Waals surface area contributed by atoms with Crippen LogP contribution in [0, 0.1) is 20.3 Å². The molecule has 0 aliphatic carbocycles. The molecule has 296 valence electrons. The first-order chi connectivity index (χ1) is 29.1. The predicted molar refractivity (Wildman–Crippen MR) is 244 cm³/mol. The number of hydrogen-bond donors (Lipinski definition) is 5. The number of anilines is 5. The second-order valence-electron chi connectivity index (χ2n) is 14.5. The van der Waals surface area contributed by atoms with Crippen LogP contribution in [-0.4, -0.2) is 19.3 Å². The number of rotatable bonds is 7. The Hall–Kier alpha value is -7.15. The zero-order valence-corrected chi connectivity index (χ0v) is 34.8. The fourth-order valence-corrected chi connectivity index (χ4v) is 8.30. The summed E-state index contributed by atoms with van der Waals surface area (Å²) < 4.78 is 4.48. The number of hydrogen-bond acceptors (Lipinski definition) is 6. The molecule has 0 spiro atoms. The molecule has 0 bridgehead atoms. The van der Waals surface area contributed by atoms with Crippen molar-refractivity contribution in [1.29, 1.82) is 0 Å². The fraction of sp³-hybridized carbons (Fsp3) is 0.0196. The van der Waals surface area contributed by atoms with E-state index >= 15 is 0 Å². The molecule has 0 fully saturated rings. The largest absolute Gasteiger partial charge is 2.00 e. The van der Waals surface area contributed by atoms with Crippen molar-refractivity contribution < 1.29 is 31.3 Å². The molecule has 10 aromatic rings. The minimum absolute atomic E-state index is 0. The van der Waals surface area contributed by atoms with Crippen molar-refractivity contribution in [3.63, 3.8) is 0 Å². The molecule has 9 heteroatoms. The summed E-state index contributed by atoms with van der Waals surface area (Å²) in [6.45, 7) is 5.74. The fourth-order valence-electron chi connectivity index (χ4n) is 8.30. The average Bonchev–Trinajstić information content (AvgIpc) is 3.96. The first-order valence-corrected chi connectivity index (χ1v) is 19.6. The molecule has 0 atom stereocenters. The van der Waals surface area contributed by atoms with Crippen LogP contribution in [0.25, 0.3) is 55.0 Å². The number of nitrogens with one attached hydrogen (secondary N) is 3. The van der Waals surface area contributed by atoms with Gasteiger partial charge in [0.15, 0.2) is 0 Å². The number of aryl methyl sites for hydroxylation is 1. The number of phenols is 2. The van der Waals surface area contributed by atoms with Gasteiger partial charge in [0.25, 0.3) is 0 Å². The van der Waals surface area contributed by atoms with E-state index in [-0.39, 0.29) is 32.6 Å². The molecular weight excluding hydrogens is 924 g/mol. The summed E-state index contributed by atoms with van der Waals surface area (Å²) >= 11 is 0. The van der Waals surface area contributed by atoms with Crippen molar-refractivity contribution in [2.45, 2.75) is 6.92 Å². The minimum Gasteiger partial charge on any atom is -0.516 e. The monoisotopic (exact) mass is 963 g/mol. The summed E-state index contributed by atoms with van der Waals surface area (Å²) in [4.78, 5) is 2.04. The molecule has 1 aliphatic rings. The Morgan fingerprint density at radius 3 is 1.72 bits per heavy atom. The van der Waals surface area contributed by atoms with Crippen molar-refractivity contribution in [2.24, 2.45) is 0 Å². The van der Waals surface area contributed by atoms with E-state index in [1.807, 2.05) is 115 Å². The Morgan fingerprint density at radius 2 is 1.05 bits per heavy atom. The van der Waals surface area contributed by atoms with E-state index in [1.54, 1.807) is 18.8 Å². The van der Waals surface area contributed by atoms with Crippen molar-refractivity contribution in [3.05, 3.63) is 201 Å². The topological polar surface area (TPSA) is 89.7 Å². The van der Waals surface area contributed by atoms with E-state index < -0.39 is 0 Å². The molecule has 2 aromatic heterocycles. The summed E-state index contributed by atoms with van der Waals surface area (Å²) in [6.07, 6.45) is 0. The molecule has 1 aliphatic heterocycles. The molecule has 3 heterocycles. The average molecular weight is 964 g/mol. The molecule has 0 saturated carbocycles. The van der Waals surface area contributed by atoms with Crippen LogP contribution in [0.2, 0.25) is 0 Å². The maximum Gasteiger partial charge on any atom is 2.00 e. The Morgan fingerprint density at radius 1 is 0.517 bits per heavy atom. The molecule has 0 amide bonds. The number of phenolic OH excluding ortho intramolecular Hbond substituents is 2. The number of para-hydroxylation sites is 7. The van der Waals surface area contributed by atoms with Crippen molar-refractivity contribution in [3.8, 4) is 22.9 Å². The smallest absolute Gasteiger partial charge is 0.516 e. The molecule has 8 nitrogen and oxygen atoms in total. The van der Waals surface area contributed by atoms with E-state index in [0.717, 1.165) is 83.3 Å².